The van der Waals surface area contributed by atoms with Crippen molar-refractivity contribution in [1.29, 1.82) is 0 Å². The molecule has 0 rings (SSSR count). The minimum atomic E-state index is -1.19. The van der Waals surface area contributed by atoms with Crippen LogP contribution in [0.15, 0.2) is 0 Å². The fourth-order valence-corrected chi connectivity index (χ4v) is 1.28. The second-order valence-electron chi connectivity index (χ2n) is 4.01. The minimum Gasteiger partial charge on any atom is -0.368 e. The van der Waals surface area contributed by atoms with Crippen molar-refractivity contribution in [3.63, 3.8) is 0 Å². The average molecular weight is 175 g/mol. The van der Waals surface area contributed by atoms with Crippen molar-refractivity contribution < 1.29 is 10.2 Å². The summed E-state index contributed by atoms with van der Waals surface area (Å²) in [5.74, 6) is 0.548. The molecule has 0 amide bonds. The number of aliphatic hydroxyl groups excluding tert-OH is 1. The molecule has 0 aliphatic carbocycles. The van der Waals surface area contributed by atoms with Gasteiger partial charge in [-0.25, -0.2) is 0 Å². The van der Waals surface area contributed by atoms with Gasteiger partial charge in [-0.1, -0.05) is 20.8 Å². The second-order valence-corrected chi connectivity index (χ2v) is 4.01. The van der Waals surface area contributed by atoms with Gasteiger partial charge in [0.2, 0.25) is 0 Å². The summed E-state index contributed by atoms with van der Waals surface area (Å²) in [6.45, 7) is 7.86. The number of rotatable bonds is 5. The molecule has 1 unspecified atom stereocenters. The first-order valence-corrected chi connectivity index (χ1v) is 4.48. The highest BCUT2D eigenvalue weighted by Gasteiger charge is 2.13. The molecule has 0 aromatic carbocycles. The van der Waals surface area contributed by atoms with E-state index in [-0.39, 0.29) is 5.92 Å². The summed E-state index contributed by atoms with van der Waals surface area (Å²) < 4.78 is 0. The minimum absolute atomic E-state index is 0.0752. The molecule has 12 heavy (non-hydrogen) atoms. The van der Waals surface area contributed by atoms with Crippen LogP contribution in [0.5, 0.6) is 0 Å². The average Bonchev–Trinajstić information content (AvgIpc) is 1.84. The molecule has 0 heterocycles. The predicted octanol–water partition coefficient (Wildman–Crippen LogP) is 0.521. The van der Waals surface area contributed by atoms with Crippen LogP contribution in [-0.4, -0.2) is 41.5 Å². The van der Waals surface area contributed by atoms with Crippen LogP contribution in [0.3, 0.4) is 0 Å². The van der Waals surface area contributed by atoms with E-state index in [1.165, 1.54) is 0 Å². The Morgan fingerprint density at radius 3 is 1.92 bits per heavy atom. The highest BCUT2D eigenvalue weighted by molar-refractivity contribution is 4.61. The Labute approximate surface area is 75.0 Å². The van der Waals surface area contributed by atoms with Gasteiger partial charge in [0.15, 0.2) is 6.29 Å². The van der Waals surface area contributed by atoms with Crippen LogP contribution in [-0.2, 0) is 0 Å². The molecule has 3 nitrogen and oxygen atoms in total. The molecule has 0 saturated carbocycles. The van der Waals surface area contributed by atoms with Crippen molar-refractivity contribution >= 4 is 0 Å². The summed E-state index contributed by atoms with van der Waals surface area (Å²) in [5.41, 5.74) is 0. The molecule has 3 heteroatoms. The lowest BCUT2D eigenvalue weighted by Gasteiger charge is -2.23. The molecule has 0 aliphatic heterocycles. The van der Waals surface area contributed by atoms with E-state index in [4.69, 9.17) is 10.2 Å². The van der Waals surface area contributed by atoms with Crippen molar-refractivity contribution in [2.45, 2.75) is 27.1 Å². The lowest BCUT2D eigenvalue weighted by atomic mass is 10.1. The van der Waals surface area contributed by atoms with E-state index in [0.29, 0.717) is 5.92 Å². The van der Waals surface area contributed by atoms with Gasteiger partial charge in [-0.2, -0.15) is 0 Å². The molecule has 0 aliphatic rings. The van der Waals surface area contributed by atoms with E-state index in [1.807, 2.05) is 14.0 Å². The van der Waals surface area contributed by atoms with E-state index in [0.717, 1.165) is 13.1 Å². The normalized spacial score (nSPS) is 14.8. The largest absolute Gasteiger partial charge is 0.368 e. The zero-order valence-corrected chi connectivity index (χ0v) is 8.49. The summed E-state index contributed by atoms with van der Waals surface area (Å²) in [7, 11) is 2.00. The van der Waals surface area contributed by atoms with Gasteiger partial charge >= 0.3 is 0 Å². The fourth-order valence-electron chi connectivity index (χ4n) is 1.28. The van der Waals surface area contributed by atoms with Crippen LogP contribution in [0.25, 0.3) is 0 Å². The van der Waals surface area contributed by atoms with Crippen molar-refractivity contribution in [3.8, 4) is 0 Å². The topological polar surface area (TPSA) is 43.7 Å². The van der Waals surface area contributed by atoms with Crippen LogP contribution < -0.4 is 0 Å². The molecule has 0 spiro atoms. The van der Waals surface area contributed by atoms with E-state index < -0.39 is 6.29 Å². The van der Waals surface area contributed by atoms with Crippen LogP contribution in [0, 0.1) is 11.8 Å². The SMILES string of the molecule is CC(C)CN(C)CC(C)C(O)O. The number of aliphatic hydroxyl groups is 2. The monoisotopic (exact) mass is 175 g/mol. The fraction of sp³-hybridized carbons (Fsp3) is 1.00. The molecule has 0 saturated heterocycles. The Bertz CT molecular complexity index is 115. The number of nitrogens with zero attached hydrogens (tertiary/aromatic N) is 1. The molecule has 0 fully saturated rings. The Hall–Kier alpha value is -0.120. The lowest BCUT2D eigenvalue weighted by Crippen LogP contribution is -2.33. The van der Waals surface area contributed by atoms with Crippen molar-refractivity contribution in [1.82, 2.24) is 4.90 Å². The van der Waals surface area contributed by atoms with Gasteiger partial charge in [0.05, 0.1) is 0 Å². The summed E-state index contributed by atoms with van der Waals surface area (Å²) in [6.07, 6.45) is -1.19. The molecular weight excluding hydrogens is 154 g/mol. The molecule has 1 atom stereocenters. The first-order chi connectivity index (χ1) is 5.43. The van der Waals surface area contributed by atoms with E-state index in [9.17, 15) is 0 Å². The maximum atomic E-state index is 8.83. The summed E-state index contributed by atoms with van der Waals surface area (Å²) >= 11 is 0. The Balaban J connectivity index is 3.61. The smallest absolute Gasteiger partial charge is 0.155 e. The molecule has 0 aromatic heterocycles. The van der Waals surface area contributed by atoms with Crippen molar-refractivity contribution in [2.75, 3.05) is 20.1 Å². The molecule has 74 valence electrons. The maximum absolute atomic E-state index is 8.83. The van der Waals surface area contributed by atoms with Gasteiger partial charge in [-0.3, -0.25) is 0 Å². The highest BCUT2D eigenvalue weighted by Crippen LogP contribution is 2.04. The predicted molar refractivity (Wildman–Crippen MR) is 49.7 cm³/mol. The molecule has 0 aromatic rings. The van der Waals surface area contributed by atoms with Gasteiger partial charge in [0.1, 0.15) is 0 Å². The van der Waals surface area contributed by atoms with Gasteiger partial charge in [-0.15, -0.1) is 0 Å². The third kappa shape index (κ3) is 5.52. The van der Waals surface area contributed by atoms with Gasteiger partial charge in [-0.05, 0) is 13.0 Å². The van der Waals surface area contributed by atoms with Gasteiger partial charge < -0.3 is 15.1 Å². The summed E-state index contributed by atoms with van der Waals surface area (Å²) in [4.78, 5) is 2.12. The second kappa shape index (κ2) is 5.51. The standard InChI is InChI=1S/C9H21NO2/c1-7(2)5-10(4)6-8(3)9(11)12/h7-9,11-12H,5-6H2,1-4H3. The summed E-state index contributed by atoms with van der Waals surface area (Å²) in [5, 5.41) is 17.7. The maximum Gasteiger partial charge on any atom is 0.155 e. The molecule has 0 bridgehead atoms. The molecule has 0 radical (unpaired) electrons. The zero-order valence-electron chi connectivity index (χ0n) is 8.49. The third-order valence-corrected chi connectivity index (χ3v) is 1.79. The van der Waals surface area contributed by atoms with E-state index in [2.05, 4.69) is 18.7 Å². The third-order valence-electron chi connectivity index (χ3n) is 1.79. The van der Waals surface area contributed by atoms with Gasteiger partial charge in [0.25, 0.3) is 0 Å². The summed E-state index contributed by atoms with van der Waals surface area (Å²) in [6, 6.07) is 0. The molecular formula is C9H21NO2. The van der Waals surface area contributed by atoms with Crippen LogP contribution in [0.4, 0.5) is 0 Å². The van der Waals surface area contributed by atoms with Crippen LogP contribution in [0.2, 0.25) is 0 Å². The van der Waals surface area contributed by atoms with E-state index in [1.54, 1.807) is 0 Å². The molecule has 2 N–H and O–H groups in total. The van der Waals surface area contributed by atoms with Crippen LogP contribution >= 0.6 is 0 Å². The Kier molecular flexibility index (Phi) is 5.46. The lowest BCUT2D eigenvalue weighted by molar-refractivity contribution is -0.0845. The van der Waals surface area contributed by atoms with E-state index >= 15 is 0 Å². The zero-order chi connectivity index (χ0) is 9.72. The van der Waals surface area contributed by atoms with Crippen molar-refractivity contribution in [3.05, 3.63) is 0 Å². The van der Waals surface area contributed by atoms with Crippen LogP contribution in [0.1, 0.15) is 20.8 Å². The highest BCUT2D eigenvalue weighted by atomic mass is 16.5. The first-order valence-electron chi connectivity index (χ1n) is 4.48. The first kappa shape index (κ1) is 11.9. The van der Waals surface area contributed by atoms with Crippen molar-refractivity contribution in [2.24, 2.45) is 11.8 Å². The number of hydrogen-bond acceptors (Lipinski definition) is 3. The quantitative estimate of drug-likeness (QED) is 0.599. The van der Waals surface area contributed by atoms with Gasteiger partial charge in [0, 0.05) is 19.0 Å². The number of hydrogen-bond donors (Lipinski definition) is 2. The Morgan fingerprint density at radius 2 is 1.58 bits per heavy atom. The Morgan fingerprint density at radius 1 is 1.08 bits per heavy atom.